The second kappa shape index (κ2) is 7.58. The van der Waals surface area contributed by atoms with Gasteiger partial charge < -0.3 is 15.1 Å². The molecule has 1 aliphatic heterocycles. The molecule has 2 aromatic carbocycles. The van der Waals surface area contributed by atoms with E-state index in [0.29, 0.717) is 6.54 Å². The lowest BCUT2D eigenvalue weighted by Gasteiger charge is -2.36. The highest BCUT2D eigenvalue weighted by Crippen LogP contribution is 2.24. The van der Waals surface area contributed by atoms with Crippen LogP contribution in [0.1, 0.15) is 11.1 Å². The van der Waals surface area contributed by atoms with Gasteiger partial charge in [0.25, 0.3) is 0 Å². The summed E-state index contributed by atoms with van der Waals surface area (Å²) in [7, 11) is 0. The minimum absolute atomic E-state index is 0.00586. The zero-order valence-corrected chi connectivity index (χ0v) is 14.6. The molecule has 0 saturated carbocycles. The number of carbonyl (C=O) groups is 1. The monoisotopic (exact) mass is 343 g/mol. The molecule has 1 aliphatic rings. The number of hydrogen-bond donors (Lipinski definition) is 1. The predicted octanol–water partition coefficient (Wildman–Crippen LogP) is 3.68. The number of amides is 2. The van der Waals surface area contributed by atoms with E-state index in [9.17, 15) is 4.79 Å². The smallest absolute Gasteiger partial charge is 0.317 e. The molecule has 0 atom stereocenters. The molecule has 1 saturated heterocycles. The number of nitrogens with one attached hydrogen (secondary N) is 1. The van der Waals surface area contributed by atoms with Gasteiger partial charge in [0.1, 0.15) is 0 Å². The van der Waals surface area contributed by atoms with E-state index in [-0.39, 0.29) is 6.03 Å². The number of benzene rings is 2. The summed E-state index contributed by atoms with van der Waals surface area (Å²) in [5.41, 5.74) is 3.48. The summed E-state index contributed by atoms with van der Waals surface area (Å²) in [5.74, 6) is 0. The summed E-state index contributed by atoms with van der Waals surface area (Å²) < 4.78 is 0. The molecule has 0 unspecified atom stereocenters. The van der Waals surface area contributed by atoms with Crippen LogP contribution in [-0.2, 0) is 6.54 Å². The summed E-state index contributed by atoms with van der Waals surface area (Å²) in [6.45, 7) is 5.75. The van der Waals surface area contributed by atoms with Gasteiger partial charge >= 0.3 is 6.03 Å². The first kappa shape index (κ1) is 16.7. The average Bonchev–Trinajstić information content (AvgIpc) is 2.61. The summed E-state index contributed by atoms with van der Waals surface area (Å²) in [6, 6.07) is 15.9. The van der Waals surface area contributed by atoms with E-state index in [1.165, 1.54) is 11.3 Å². The van der Waals surface area contributed by atoms with E-state index in [4.69, 9.17) is 11.6 Å². The van der Waals surface area contributed by atoms with Crippen LogP contribution in [0.5, 0.6) is 0 Å². The number of urea groups is 1. The van der Waals surface area contributed by atoms with Crippen LogP contribution in [0.4, 0.5) is 10.5 Å². The van der Waals surface area contributed by atoms with Crippen molar-refractivity contribution in [2.24, 2.45) is 0 Å². The maximum atomic E-state index is 12.3. The number of hydrogen-bond acceptors (Lipinski definition) is 2. The molecular weight excluding hydrogens is 322 g/mol. The van der Waals surface area contributed by atoms with Gasteiger partial charge in [-0.25, -0.2) is 4.79 Å². The number of nitrogens with zero attached hydrogens (tertiary/aromatic N) is 2. The zero-order chi connectivity index (χ0) is 16.9. The van der Waals surface area contributed by atoms with Crippen LogP contribution in [0, 0.1) is 6.92 Å². The molecule has 0 bridgehead atoms. The highest BCUT2D eigenvalue weighted by Gasteiger charge is 2.21. The van der Waals surface area contributed by atoms with Crippen molar-refractivity contribution >= 4 is 23.3 Å². The third kappa shape index (κ3) is 4.01. The molecule has 1 N–H and O–H groups in total. The molecule has 4 nitrogen and oxygen atoms in total. The van der Waals surface area contributed by atoms with Crippen LogP contribution >= 0.6 is 11.6 Å². The van der Waals surface area contributed by atoms with Gasteiger partial charge in [-0.3, -0.25) is 0 Å². The molecule has 24 heavy (non-hydrogen) atoms. The summed E-state index contributed by atoms with van der Waals surface area (Å²) in [5, 5.41) is 3.75. The Hall–Kier alpha value is -2.20. The fourth-order valence-electron chi connectivity index (χ4n) is 3.01. The quantitative estimate of drug-likeness (QED) is 0.922. The SMILES string of the molecule is Cc1cc(Cl)ccc1N1CCN(C(=O)NCc2ccccc2)CC1. The zero-order valence-electron chi connectivity index (χ0n) is 13.8. The van der Waals surface area contributed by atoms with E-state index >= 15 is 0 Å². The Kier molecular flexibility index (Phi) is 5.26. The van der Waals surface area contributed by atoms with Gasteiger partial charge in [-0.05, 0) is 36.2 Å². The Balaban J connectivity index is 1.52. The second-order valence-corrected chi connectivity index (χ2v) is 6.49. The minimum atomic E-state index is 0.00586. The number of carbonyl (C=O) groups excluding carboxylic acids is 1. The van der Waals surface area contributed by atoms with E-state index in [0.717, 1.165) is 36.8 Å². The number of aryl methyl sites for hydroxylation is 1. The van der Waals surface area contributed by atoms with Gasteiger partial charge in [0, 0.05) is 43.4 Å². The normalized spacial score (nSPS) is 14.6. The molecule has 3 rings (SSSR count). The molecule has 0 spiro atoms. The van der Waals surface area contributed by atoms with Crippen LogP contribution in [0.15, 0.2) is 48.5 Å². The Labute approximate surface area is 148 Å². The molecule has 126 valence electrons. The van der Waals surface area contributed by atoms with E-state index in [2.05, 4.69) is 23.2 Å². The first-order chi connectivity index (χ1) is 11.6. The highest BCUT2D eigenvalue weighted by molar-refractivity contribution is 6.30. The van der Waals surface area contributed by atoms with Crippen molar-refractivity contribution in [3.8, 4) is 0 Å². The van der Waals surface area contributed by atoms with Gasteiger partial charge in [0.15, 0.2) is 0 Å². The second-order valence-electron chi connectivity index (χ2n) is 6.05. The lowest BCUT2D eigenvalue weighted by atomic mass is 10.1. The Morgan fingerprint density at radius 1 is 1.08 bits per heavy atom. The third-order valence-corrected chi connectivity index (χ3v) is 4.59. The largest absolute Gasteiger partial charge is 0.368 e. The molecule has 1 fully saturated rings. The maximum absolute atomic E-state index is 12.3. The molecule has 0 aromatic heterocycles. The van der Waals surface area contributed by atoms with E-state index in [1.807, 2.05) is 47.4 Å². The van der Waals surface area contributed by atoms with Gasteiger partial charge in [0.05, 0.1) is 0 Å². The van der Waals surface area contributed by atoms with E-state index < -0.39 is 0 Å². The lowest BCUT2D eigenvalue weighted by Crippen LogP contribution is -2.51. The highest BCUT2D eigenvalue weighted by atomic mass is 35.5. The predicted molar refractivity (Wildman–Crippen MR) is 98.7 cm³/mol. The van der Waals surface area contributed by atoms with Gasteiger partial charge in [-0.2, -0.15) is 0 Å². The standard InChI is InChI=1S/C19H22ClN3O/c1-15-13-17(20)7-8-18(15)22-9-11-23(12-10-22)19(24)21-14-16-5-3-2-4-6-16/h2-8,13H,9-12,14H2,1H3,(H,21,24). The average molecular weight is 344 g/mol. The molecule has 2 amide bonds. The Bertz CT molecular complexity index is 697. The first-order valence-corrected chi connectivity index (χ1v) is 8.59. The van der Waals surface area contributed by atoms with Gasteiger partial charge in [0.2, 0.25) is 0 Å². The third-order valence-electron chi connectivity index (χ3n) is 4.35. The summed E-state index contributed by atoms with van der Waals surface area (Å²) >= 11 is 6.03. The van der Waals surface area contributed by atoms with Crippen LogP contribution in [0.25, 0.3) is 0 Å². The van der Waals surface area contributed by atoms with Crippen molar-refractivity contribution in [3.05, 3.63) is 64.7 Å². The van der Waals surface area contributed by atoms with Crippen molar-refractivity contribution in [2.45, 2.75) is 13.5 Å². The van der Waals surface area contributed by atoms with Crippen LogP contribution in [0.3, 0.4) is 0 Å². The van der Waals surface area contributed by atoms with Crippen LogP contribution < -0.4 is 10.2 Å². The first-order valence-electron chi connectivity index (χ1n) is 8.21. The van der Waals surface area contributed by atoms with Crippen LogP contribution in [-0.4, -0.2) is 37.1 Å². The Morgan fingerprint density at radius 2 is 1.79 bits per heavy atom. The molecule has 2 aromatic rings. The topological polar surface area (TPSA) is 35.6 Å². The van der Waals surface area contributed by atoms with E-state index in [1.54, 1.807) is 0 Å². The molecule has 0 aliphatic carbocycles. The molecule has 1 heterocycles. The lowest BCUT2D eigenvalue weighted by molar-refractivity contribution is 0.194. The number of piperazine rings is 1. The molecule has 0 radical (unpaired) electrons. The molecular formula is C19H22ClN3O. The van der Waals surface area contributed by atoms with Crippen molar-refractivity contribution in [3.63, 3.8) is 0 Å². The van der Waals surface area contributed by atoms with Gasteiger partial charge in [-0.15, -0.1) is 0 Å². The summed E-state index contributed by atoms with van der Waals surface area (Å²) in [4.78, 5) is 16.5. The van der Waals surface area contributed by atoms with Crippen molar-refractivity contribution in [1.29, 1.82) is 0 Å². The maximum Gasteiger partial charge on any atom is 0.317 e. The van der Waals surface area contributed by atoms with Crippen molar-refractivity contribution in [2.75, 3.05) is 31.1 Å². The van der Waals surface area contributed by atoms with Crippen molar-refractivity contribution < 1.29 is 4.79 Å². The molecule has 5 heteroatoms. The number of halogens is 1. The number of rotatable bonds is 3. The summed E-state index contributed by atoms with van der Waals surface area (Å²) in [6.07, 6.45) is 0. The minimum Gasteiger partial charge on any atom is -0.368 e. The Morgan fingerprint density at radius 3 is 2.46 bits per heavy atom. The number of anilines is 1. The fraction of sp³-hybridized carbons (Fsp3) is 0.316. The van der Waals surface area contributed by atoms with Crippen LogP contribution in [0.2, 0.25) is 5.02 Å². The fourth-order valence-corrected chi connectivity index (χ4v) is 3.24. The van der Waals surface area contributed by atoms with Gasteiger partial charge in [-0.1, -0.05) is 41.9 Å². The van der Waals surface area contributed by atoms with Crippen molar-refractivity contribution in [1.82, 2.24) is 10.2 Å².